The average molecular weight is 298 g/mol. The zero-order valence-corrected chi connectivity index (χ0v) is 11.1. The van der Waals surface area contributed by atoms with Gasteiger partial charge < -0.3 is 10.2 Å². The number of para-hydroxylation sites is 2. The highest BCUT2D eigenvalue weighted by atomic mass is 16.4. The number of benzene rings is 2. The Morgan fingerprint density at radius 2 is 1.45 bits per heavy atom. The summed E-state index contributed by atoms with van der Waals surface area (Å²) in [4.78, 5) is 10.6. The summed E-state index contributed by atoms with van der Waals surface area (Å²) >= 11 is 0. The van der Waals surface area contributed by atoms with Gasteiger partial charge in [-0.3, -0.25) is 0 Å². The maximum Gasteiger partial charge on any atom is 0.338 e. The molecule has 0 aliphatic rings. The number of carboxylic acids is 1. The number of aromatic amines is 2. The number of rotatable bonds is 1. The average Bonchev–Trinajstić information content (AvgIpc) is 3.16. The number of carbonyl (C=O) groups is 1. The minimum absolute atomic E-state index is 0.159. The molecular weight excluding hydrogens is 288 g/mol. The quantitative estimate of drug-likeness (QED) is 0.415. The summed E-state index contributed by atoms with van der Waals surface area (Å²) in [7, 11) is 0. The molecule has 0 unspecified atom stereocenters. The van der Waals surface area contributed by atoms with Crippen LogP contribution in [0.4, 0.5) is 0 Å². The Labute approximate surface area is 122 Å². The number of nitrogens with one attached hydrogen (secondary N) is 2. The largest absolute Gasteiger partial charge is 0.506 e. The van der Waals surface area contributed by atoms with Gasteiger partial charge in [-0.15, -0.1) is 0 Å². The number of H-pyrrole nitrogens is 2. The van der Waals surface area contributed by atoms with Crippen molar-refractivity contribution in [1.29, 1.82) is 0 Å². The van der Waals surface area contributed by atoms with Crippen LogP contribution in [0.15, 0.2) is 36.4 Å². The minimum atomic E-state index is -0.991. The molecule has 4 N–H and O–H groups in total. The van der Waals surface area contributed by atoms with Crippen LogP contribution in [0.3, 0.4) is 0 Å². The van der Waals surface area contributed by atoms with Gasteiger partial charge in [-0.25, -0.2) is 4.79 Å². The predicted octanol–water partition coefficient (Wildman–Crippen LogP) is 1.32. The third kappa shape index (κ3) is 2.42. The molecule has 2 aromatic heterocycles. The van der Waals surface area contributed by atoms with Crippen LogP contribution in [0, 0.1) is 0 Å². The van der Waals surface area contributed by atoms with Gasteiger partial charge in [0.05, 0.1) is 5.56 Å². The molecule has 0 saturated heterocycles. The topological polar surface area (TPSA) is 141 Å². The number of nitrogens with zero attached hydrogens (tertiary/aromatic N) is 4. The number of phenolic OH excluding ortho intramolecular Hbond substituents is 1. The summed E-state index contributed by atoms with van der Waals surface area (Å²) in [5.74, 6) is -0.833. The summed E-state index contributed by atoms with van der Waals surface area (Å²) in [5, 5.41) is 37.6. The van der Waals surface area contributed by atoms with Gasteiger partial charge in [-0.2, -0.15) is 30.8 Å². The fourth-order valence-electron chi connectivity index (χ4n) is 1.89. The summed E-state index contributed by atoms with van der Waals surface area (Å²) in [6.07, 6.45) is 0. The van der Waals surface area contributed by atoms with Crippen molar-refractivity contribution >= 4 is 28.0 Å². The number of aromatic carboxylic acids is 1. The molecule has 0 saturated carbocycles. The molecular formula is C13H10N6O3. The lowest BCUT2D eigenvalue weighted by atomic mass is 10.2. The standard InChI is InChI=1S/C7H5N3O2.C6H5N3O/c11-7(12)4-2-1-3-5-6(4)9-10-8-5;10-5-3-1-2-4-6(5)8-9-7-4/h1-3H,(H,11,12)(H,8,9,10);1-3,10H,(H,7,8,9). The van der Waals surface area contributed by atoms with Gasteiger partial charge in [0.1, 0.15) is 22.3 Å². The van der Waals surface area contributed by atoms with Gasteiger partial charge in [0, 0.05) is 0 Å². The van der Waals surface area contributed by atoms with E-state index in [1.54, 1.807) is 30.3 Å². The first-order chi connectivity index (χ1) is 10.7. The van der Waals surface area contributed by atoms with Gasteiger partial charge >= 0.3 is 5.97 Å². The third-order valence-corrected chi connectivity index (χ3v) is 2.90. The van der Waals surface area contributed by atoms with Crippen molar-refractivity contribution in [2.45, 2.75) is 0 Å². The monoisotopic (exact) mass is 298 g/mol. The fourth-order valence-corrected chi connectivity index (χ4v) is 1.89. The minimum Gasteiger partial charge on any atom is -0.506 e. The molecule has 9 nitrogen and oxygen atoms in total. The SMILES string of the molecule is O=C(O)c1cccc2n[nH]nc12.Oc1cccc2n[nH]nc12. The first-order valence-corrected chi connectivity index (χ1v) is 6.18. The zero-order valence-electron chi connectivity index (χ0n) is 11.1. The molecule has 9 heteroatoms. The highest BCUT2D eigenvalue weighted by Gasteiger charge is 2.09. The summed E-state index contributed by atoms with van der Waals surface area (Å²) in [6.45, 7) is 0. The van der Waals surface area contributed by atoms with Crippen molar-refractivity contribution in [3.05, 3.63) is 42.0 Å². The van der Waals surface area contributed by atoms with Crippen LogP contribution in [-0.4, -0.2) is 47.0 Å². The van der Waals surface area contributed by atoms with E-state index in [1.165, 1.54) is 6.07 Å². The number of carboxylic acid groups (broad SMARTS) is 1. The Bertz CT molecular complexity index is 945. The van der Waals surface area contributed by atoms with E-state index in [0.717, 1.165) is 0 Å². The van der Waals surface area contributed by atoms with Crippen LogP contribution >= 0.6 is 0 Å². The Morgan fingerprint density at radius 3 is 2.09 bits per heavy atom. The van der Waals surface area contributed by atoms with Crippen LogP contribution in [-0.2, 0) is 0 Å². The molecule has 0 fully saturated rings. The van der Waals surface area contributed by atoms with Crippen molar-refractivity contribution in [2.24, 2.45) is 0 Å². The van der Waals surface area contributed by atoms with Crippen LogP contribution in [0.25, 0.3) is 22.1 Å². The lowest BCUT2D eigenvalue weighted by molar-refractivity contribution is 0.0699. The molecule has 0 bridgehead atoms. The Balaban J connectivity index is 0.000000133. The maximum atomic E-state index is 10.6. The second kappa shape index (κ2) is 5.48. The highest BCUT2D eigenvalue weighted by molar-refractivity contribution is 6.00. The smallest absolute Gasteiger partial charge is 0.338 e. The zero-order chi connectivity index (χ0) is 15.5. The van der Waals surface area contributed by atoms with Crippen molar-refractivity contribution in [2.75, 3.05) is 0 Å². The summed E-state index contributed by atoms with van der Waals surface area (Å²) in [5.41, 5.74) is 2.32. The Morgan fingerprint density at radius 1 is 0.864 bits per heavy atom. The van der Waals surface area contributed by atoms with Gasteiger partial charge in [0.25, 0.3) is 0 Å². The van der Waals surface area contributed by atoms with E-state index >= 15 is 0 Å². The van der Waals surface area contributed by atoms with Crippen LogP contribution in [0.1, 0.15) is 10.4 Å². The summed E-state index contributed by atoms with van der Waals surface area (Å²) < 4.78 is 0. The maximum absolute atomic E-state index is 10.6. The van der Waals surface area contributed by atoms with Crippen molar-refractivity contribution in [3.8, 4) is 5.75 Å². The van der Waals surface area contributed by atoms with Crippen LogP contribution < -0.4 is 0 Å². The number of phenols is 1. The van der Waals surface area contributed by atoms with E-state index in [0.29, 0.717) is 22.1 Å². The van der Waals surface area contributed by atoms with Crippen molar-refractivity contribution in [3.63, 3.8) is 0 Å². The van der Waals surface area contributed by atoms with Gasteiger partial charge in [-0.05, 0) is 24.3 Å². The first-order valence-electron chi connectivity index (χ1n) is 6.18. The molecule has 0 radical (unpaired) electrons. The molecule has 22 heavy (non-hydrogen) atoms. The number of hydrogen-bond acceptors (Lipinski definition) is 6. The first kappa shape index (κ1) is 13.5. The van der Waals surface area contributed by atoms with E-state index in [1.807, 2.05) is 0 Å². The second-order valence-electron chi connectivity index (χ2n) is 4.27. The van der Waals surface area contributed by atoms with Gasteiger partial charge in [0.15, 0.2) is 5.52 Å². The fraction of sp³-hybridized carbons (Fsp3) is 0. The molecule has 0 aliphatic heterocycles. The number of hydrogen-bond donors (Lipinski definition) is 4. The molecule has 110 valence electrons. The van der Waals surface area contributed by atoms with E-state index in [4.69, 9.17) is 10.2 Å². The number of fused-ring (bicyclic) bond motifs is 2. The molecule has 0 atom stereocenters. The van der Waals surface area contributed by atoms with Gasteiger partial charge in [0.2, 0.25) is 0 Å². The highest BCUT2D eigenvalue weighted by Crippen LogP contribution is 2.18. The Kier molecular flexibility index (Phi) is 3.36. The second-order valence-corrected chi connectivity index (χ2v) is 4.27. The van der Waals surface area contributed by atoms with Crippen molar-refractivity contribution < 1.29 is 15.0 Å². The molecule has 4 rings (SSSR count). The molecule has 4 aromatic rings. The van der Waals surface area contributed by atoms with Crippen molar-refractivity contribution in [1.82, 2.24) is 30.8 Å². The van der Waals surface area contributed by atoms with Gasteiger partial charge in [-0.1, -0.05) is 12.1 Å². The molecule has 0 amide bonds. The lowest BCUT2D eigenvalue weighted by Crippen LogP contribution is -1.96. The molecule has 2 heterocycles. The Hall–Kier alpha value is -3.49. The van der Waals surface area contributed by atoms with E-state index in [-0.39, 0.29) is 11.3 Å². The van der Waals surface area contributed by atoms with E-state index in [2.05, 4.69) is 30.8 Å². The molecule has 0 aliphatic carbocycles. The predicted molar refractivity (Wildman–Crippen MR) is 76.4 cm³/mol. The van der Waals surface area contributed by atoms with E-state index < -0.39 is 5.97 Å². The molecule has 0 spiro atoms. The summed E-state index contributed by atoms with van der Waals surface area (Å²) in [6, 6.07) is 9.90. The molecule has 2 aromatic carbocycles. The van der Waals surface area contributed by atoms with Crippen LogP contribution in [0.2, 0.25) is 0 Å². The van der Waals surface area contributed by atoms with E-state index in [9.17, 15) is 4.79 Å². The lowest BCUT2D eigenvalue weighted by Gasteiger charge is -1.91. The number of aromatic nitrogens is 6. The van der Waals surface area contributed by atoms with Crippen LogP contribution in [0.5, 0.6) is 5.75 Å². The third-order valence-electron chi connectivity index (χ3n) is 2.90. The normalized spacial score (nSPS) is 10.4. The number of aromatic hydroxyl groups is 1.